The Morgan fingerprint density at radius 2 is 2.15 bits per heavy atom. The fraction of sp³-hybridized carbons (Fsp3) is 0.667. The molecule has 3 rings (SSSR count). The summed E-state index contributed by atoms with van der Waals surface area (Å²) in [5.74, 6) is -0.710. The number of thiophene rings is 1. The molecule has 1 fully saturated rings. The molecule has 20 heavy (non-hydrogen) atoms. The number of carbonyl (C=O) groups is 1. The van der Waals surface area contributed by atoms with Crippen molar-refractivity contribution in [3.05, 3.63) is 21.9 Å². The van der Waals surface area contributed by atoms with Crippen LogP contribution in [0, 0.1) is 0 Å². The lowest BCUT2D eigenvalue weighted by Gasteiger charge is -2.42. The standard InChI is InChI=1S/C15H21NO3S/c1-19-11-4-2-10(3-5-11)16-8-6-13-12(7-9-20-13)14(16)15(17)18/h7,9-11,14H,2-6,8H2,1H3,(H,17,18). The Kier molecular flexibility index (Phi) is 4.10. The number of fused-ring (bicyclic) bond motifs is 1. The van der Waals surface area contributed by atoms with Crippen molar-refractivity contribution in [2.75, 3.05) is 13.7 Å². The maximum Gasteiger partial charge on any atom is 0.325 e. The summed E-state index contributed by atoms with van der Waals surface area (Å²) in [6.45, 7) is 0.868. The number of hydrogen-bond donors (Lipinski definition) is 1. The van der Waals surface area contributed by atoms with E-state index in [0.717, 1.165) is 44.2 Å². The van der Waals surface area contributed by atoms with Gasteiger partial charge in [-0.25, -0.2) is 0 Å². The summed E-state index contributed by atoms with van der Waals surface area (Å²) in [4.78, 5) is 15.2. The van der Waals surface area contributed by atoms with Crippen molar-refractivity contribution in [2.45, 2.75) is 50.3 Å². The second-order valence-electron chi connectivity index (χ2n) is 5.69. The fourth-order valence-corrected chi connectivity index (χ4v) is 4.52. The van der Waals surface area contributed by atoms with Crippen LogP contribution in [0.5, 0.6) is 0 Å². The first-order chi connectivity index (χ1) is 9.70. The number of ether oxygens (including phenoxy) is 1. The maximum atomic E-state index is 11.7. The molecule has 0 amide bonds. The summed E-state index contributed by atoms with van der Waals surface area (Å²) < 4.78 is 5.41. The SMILES string of the molecule is COC1CCC(N2CCc3sccc3C2C(=O)O)CC1. The van der Waals surface area contributed by atoms with Crippen LogP contribution in [0.2, 0.25) is 0 Å². The molecule has 1 aromatic heterocycles. The van der Waals surface area contributed by atoms with E-state index in [1.807, 2.05) is 11.4 Å². The Labute approximate surface area is 123 Å². The van der Waals surface area contributed by atoms with Crippen LogP contribution in [0.3, 0.4) is 0 Å². The van der Waals surface area contributed by atoms with Crippen molar-refractivity contribution in [2.24, 2.45) is 0 Å². The van der Waals surface area contributed by atoms with Gasteiger partial charge in [0.2, 0.25) is 0 Å². The molecule has 1 atom stereocenters. The summed E-state index contributed by atoms with van der Waals surface area (Å²) in [6, 6.07) is 1.93. The van der Waals surface area contributed by atoms with E-state index in [-0.39, 0.29) is 0 Å². The number of hydrogen-bond acceptors (Lipinski definition) is 4. The first-order valence-electron chi connectivity index (χ1n) is 7.28. The zero-order valence-electron chi connectivity index (χ0n) is 11.7. The first kappa shape index (κ1) is 14.0. The van der Waals surface area contributed by atoms with Crippen molar-refractivity contribution in [1.82, 2.24) is 4.90 Å². The lowest BCUT2D eigenvalue weighted by molar-refractivity contribution is -0.145. The lowest BCUT2D eigenvalue weighted by atomic mass is 9.88. The number of methoxy groups -OCH3 is 1. The number of carboxylic acids is 1. The van der Waals surface area contributed by atoms with E-state index >= 15 is 0 Å². The van der Waals surface area contributed by atoms with Crippen LogP contribution < -0.4 is 0 Å². The van der Waals surface area contributed by atoms with Gasteiger partial charge in [0, 0.05) is 24.6 Å². The molecular weight excluding hydrogens is 274 g/mol. The molecule has 4 nitrogen and oxygen atoms in total. The highest BCUT2D eigenvalue weighted by Crippen LogP contribution is 2.38. The van der Waals surface area contributed by atoms with Crippen LogP contribution in [0.25, 0.3) is 0 Å². The molecule has 5 heteroatoms. The van der Waals surface area contributed by atoms with E-state index in [2.05, 4.69) is 4.90 Å². The van der Waals surface area contributed by atoms with Crippen molar-refractivity contribution < 1.29 is 14.6 Å². The fourth-order valence-electron chi connectivity index (χ4n) is 3.62. The molecule has 0 spiro atoms. The minimum Gasteiger partial charge on any atom is -0.480 e. The normalized spacial score (nSPS) is 30.9. The third-order valence-corrected chi connectivity index (χ3v) is 5.68. The van der Waals surface area contributed by atoms with Gasteiger partial charge in [-0.05, 0) is 49.1 Å². The number of nitrogens with zero attached hydrogens (tertiary/aromatic N) is 1. The summed E-state index contributed by atoms with van der Waals surface area (Å²) >= 11 is 1.69. The van der Waals surface area contributed by atoms with Gasteiger partial charge < -0.3 is 9.84 Å². The zero-order chi connectivity index (χ0) is 14.1. The zero-order valence-corrected chi connectivity index (χ0v) is 12.6. The van der Waals surface area contributed by atoms with Crippen LogP contribution in [-0.4, -0.2) is 41.8 Å². The first-order valence-corrected chi connectivity index (χ1v) is 8.16. The molecule has 2 heterocycles. The third kappa shape index (κ3) is 2.50. The van der Waals surface area contributed by atoms with Gasteiger partial charge in [0.05, 0.1) is 6.10 Å². The van der Waals surface area contributed by atoms with E-state index in [9.17, 15) is 9.90 Å². The Balaban J connectivity index is 1.78. The minimum atomic E-state index is -0.710. The molecule has 0 aromatic carbocycles. The molecule has 0 bridgehead atoms. The molecule has 1 aliphatic heterocycles. The molecule has 1 aliphatic carbocycles. The van der Waals surface area contributed by atoms with Crippen molar-refractivity contribution in [3.8, 4) is 0 Å². The Bertz CT molecular complexity index is 479. The Morgan fingerprint density at radius 1 is 1.40 bits per heavy atom. The van der Waals surface area contributed by atoms with Gasteiger partial charge in [-0.1, -0.05) is 0 Å². The lowest BCUT2D eigenvalue weighted by Crippen LogP contribution is -2.47. The average Bonchev–Trinajstić information content (AvgIpc) is 2.94. The Hall–Kier alpha value is -0.910. The quantitative estimate of drug-likeness (QED) is 0.931. The second kappa shape index (κ2) is 5.84. The largest absolute Gasteiger partial charge is 0.480 e. The average molecular weight is 295 g/mol. The highest BCUT2D eigenvalue weighted by atomic mass is 32.1. The van der Waals surface area contributed by atoms with Gasteiger partial charge in [0.15, 0.2) is 0 Å². The van der Waals surface area contributed by atoms with E-state index in [1.54, 1.807) is 18.4 Å². The van der Waals surface area contributed by atoms with Crippen molar-refractivity contribution in [3.63, 3.8) is 0 Å². The highest BCUT2D eigenvalue weighted by Gasteiger charge is 2.38. The van der Waals surface area contributed by atoms with Crippen LogP contribution in [0.4, 0.5) is 0 Å². The van der Waals surface area contributed by atoms with Gasteiger partial charge >= 0.3 is 5.97 Å². The van der Waals surface area contributed by atoms with Crippen LogP contribution in [0.1, 0.15) is 42.2 Å². The number of carboxylic acid groups (broad SMARTS) is 1. The second-order valence-corrected chi connectivity index (χ2v) is 6.69. The predicted octanol–water partition coefficient (Wildman–Crippen LogP) is 2.69. The monoisotopic (exact) mass is 295 g/mol. The molecule has 110 valence electrons. The maximum absolute atomic E-state index is 11.7. The summed E-state index contributed by atoms with van der Waals surface area (Å²) in [7, 11) is 1.77. The predicted molar refractivity (Wildman–Crippen MR) is 78.2 cm³/mol. The summed E-state index contributed by atoms with van der Waals surface area (Å²) in [5.41, 5.74) is 1.02. The minimum absolute atomic E-state index is 0.357. The number of rotatable bonds is 3. The smallest absolute Gasteiger partial charge is 0.325 e. The molecule has 1 aromatic rings. The van der Waals surface area contributed by atoms with E-state index in [4.69, 9.17) is 4.74 Å². The molecule has 1 saturated carbocycles. The molecule has 2 aliphatic rings. The highest BCUT2D eigenvalue weighted by molar-refractivity contribution is 7.10. The van der Waals surface area contributed by atoms with Crippen molar-refractivity contribution in [1.29, 1.82) is 0 Å². The Morgan fingerprint density at radius 3 is 2.80 bits per heavy atom. The third-order valence-electron chi connectivity index (χ3n) is 4.68. The van der Waals surface area contributed by atoms with Gasteiger partial charge in [0.25, 0.3) is 0 Å². The molecule has 1 unspecified atom stereocenters. The number of aliphatic carboxylic acids is 1. The van der Waals surface area contributed by atoms with Crippen LogP contribution in [0.15, 0.2) is 11.4 Å². The van der Waals surface area contributed by atoms with Gasteiger partial charge in [-0.15, -0.1) is 11.3 Å². The van der Waals surface area contributed by atoms with Crippen molar-refractivity contribution >= 4 is 17.3 Å². The topological polar surface area (TPSA) is 49.8 Å². The molecule has 0 saturated heterocycles. The van der Waals surface area contributed by atoms with Gasteiger partial charge in [-0.2, -0.15) is 0 Å². The van der Waals surface area contributed by atoms with Gasteiger partial charge in [0.1, 0.15) is 6.04 Å². The molecule has 0 radical (unpaired) electrons. The van der Waals surface area contributed by atoms with E-state index in [0.29, 0.717) is 12.1 Å². The van der Waals surface area contributed by atoms with Gasteiger partial charge in [-0.3, -0.25) is 9.69 Å². The molecule has 1 N–H and O–H groups in total. The molecular formula is C15H21NO3S. The van der Waals surface area contributed by atoms with Crippen LogP contribution in [-0.2, 0) is 16.0 Å². The van der Waals surface area contributed by atoms with E-state index < -0.39 is 12.0 Å². The van der Waals surface area contributed by atoms with Crippen LogP contribution >= 0.6 is 11.3 Å². The van der Waals surface area contributed by atoms with E-state index in [1.165, 1.54) is 4.88 Å². The summed E-state index contributed by atoms with van der Waals surface area (Å²) in [6.07, 6.45) is 5.52. The summed E-state index contributed by atoms with van der Waals surface area (Å²) in [5, 5.41) is 11.7.